The van der Waals surface area contributed by atoms with Gasteiger partial charge in [-0.05, 0) is 47.7 Å². The molecular weight excluding hydrogens is 442 g/mol. The fraction of sp³-hybridized carbons (Fsp3) is 0.348. The summed E-state index contributed by atoms with van der Waals surface area (Å²) < 4.78 is 0. The first kappa shape index (κ1) is 22.7. The molecule has 172 valence electrons. The fourth-order valence-electron chi connectivity index (χ4n) is 4.33. The lowest BCUT2D eigenvalue weighted by Gasteiger charge is -2.43. The molecule has 10 heteroatoms. The van der Waals surface area contributed by atoms with Crippen molar-refractivity contribution in [2.45, 2.75) is 37.6 Å². The molecule has 1 unspecified atom stereocenters. The number of hydrogen-bond donors (Lipinski definition) is 3. The van der Waals surface area contributed by atoms with Crippen molar-refractivity contribution >= 4 is 29.5 Å². The van der Waals surface area contributed by atoms with Crippen LogP contribution in [0, 0.1) is 0 Å². The van der Waals surface area contributed by atoms with E-state index in [4.69, 9.17) is 11.6 Å². The predicted molar refractivity (Wildman–Crippen MR) is 125 cm³/mol. The number of urea groups is 1. The molecule has 9 nitrogen and oxygen atoms in total. The number of nitrogens with one attached hydrogen (secondary N) is 3. The minimum atomic E-state index is -0.314. The third kappa shape index (κ3) is 5.87. The van der Waals surface area contributed by atoms with E-state index < -0.39 is 0 Å². The number of anilines is 1. The van der Waals surface area contributed by atoms with Crippen molar-refractivity contribution in [2.75, 3.05) is 18.4 Å². The molecule has 2 heterocycles. The molecule has 1 atom stereocenters. The predicted octanol–water partition coefficient (Wildman–Crippen LogP) is 3.52. The number of benzene rings is 2. The van der Waals surface area contributed by atoms with Crippen molar-refractivity contribution < 1.29 is 9.59 Å². The van der Waals surface area contributed by atoms with Crippen LogP contribution in [0.5, 0.6) is 0 Å². The van der Waals surface area contributed by atoms with Crippen molar-refractivity contribution in [2.24, 2.45) is 0 Å². The van der Waals surface area contributed by atoms with E-state index >= 15 is 0 Å². The maximum absolute atomic E-state index is 13.0. The van der Waals surface area contributed by atoms with Crippen LogP contribution in [-0.4, -0.2) is 50.6 Å². The first-order valence-corrected chi connectivity index (χ1v) is 11.3. The van der Waals surface area contributed by atoms with Crippen LogP contribution in [0.3, 0.4) is 0 Å². The summed E-state index contributed by atoms with van der Waals surface area (Å²) in [6.07, 6.45) is 2.63. The van der Waals surface area contributed by atoms with E-state index in [9.17, 15) is 9.59 Å². The Morgan fingerprint density at radius 1 is 1.12 bits per heavy atom. The molecule has 0 saturated carbocycles. The van der Waals surface area contributed by atoms with Gasteiger partial charge in [0.05, 0.1) is 0 Å². The molecule has 1 fully saturated rings. The van der Waals surface area contributed by atoms with Crippen molar-refractivity contribution in [1.29, 1.82) is 0 Å². The summed E-state index contributed by atoms with van der Waals surface area (Å²) in [5.74, 6) is -0.0309. The van der Waals surface area contributed by atoms with Crippen LogP contribution < -0.4 is 10.6 Å². The number of carbonyl (C=O) groups excluding carboxylic acids is 2. The van der Waals surface area contributed by atoms with E-state index in [1.54, 1.807) is 0 Å². The van der Waals surface area contributed by atoms with Crippen LogP contribution in [0.2, 0.25) is 5.02 Å². The van der Waals surface area contributed by atoms with Gasteiger partial charge in [-0.1, -0.05) is 59.2 Å². The number of piperidine rings is 1. The third-order valence-electron chi connectivity index (χ3n) is 6.03. The number of likely N-dealkylation sites (tertiary alicyclic amines) is 1. The van der Waals surface area contributed by atoms with Crippen LogP contribution in [-0.2, 0) is 16.8 Å². The van der Waals surface area contributed by atoms with Crippen LogP contribution in [0.15, 0.2) is 54.6 Å². The summed E-state index contributed by atoms with van der Waals surface area (Å²) in [6.45, 7) is 1.65. The number of aromatic amines is 1. The largest absolute Gasteiger partial charge is 0.334 e. The summed E-state index contributed by atoms with van der Waals surface area (Å²) in [5.41, 5.74) is 1.80. The lowest BCUT2D eigenvalue weighted by atomic mass is 9.71. The highest BCUT2D eigenvalue weighted by atomic mass is 35.5. The second-order valence-electron chi connectivity index (χ2n) is 8.24. The topological polar surface area (TPSA) is 116 Å². The van der Waals surface area contributed by atoms with Gasteiger partial charge in [0.1, 0.15) is 0 Å². The van der Waals surface area contributed by atoms with E-state index in [-0.39, 0.29) is 29.7 Å². The van der Waals surface area contributed by atoms with Gasteiger partial charge in [-0.3, -0.25) is 10.1 Å². The first-order chi connectivity index (χ1) is 16.0. The Bertz CT molecular complexity index is 1060. The number of H-pyrrole nitrogens is 1. The lowest BCUT2D eigenvalue weighted by Crippen LogP contribution is -2.51. The van der Waals surface area contributed by atoms with Gasteiger partial charge < -0.3 is 10.2 Å². The van der Waals surface area contributed by atoms with E-state index in [0.717, 1.165) is 24.0 Å². The fourth-order valence-corrected chi connectivity index (χ4v) is 4.45. The number of amides is 3. The molecule has 1 aliphatic rings. The van der Waals surface area contributed by atoms with E-state index in [2.05, 4.69) is 43.4 Å². The smallest absolute Gasteiger partial charge is 0.317 e. The molecule has 1 aromatic heterocycles. The van der Waals surface area contributed by atoms with E-state index in [1.165, 1.54) is 0 Å². The molecule has 33 heavy (non-hydrogen) atoms. The lowest BCUT2D eigenvalue weighted by molar-refractivity contribution is -0.116. The minimum Gasteiger partial charge on any atom is -0.334 e. The molecule has 2 aromatic carbocycles. The molecular formula is C23H26ClN7O2. The number of aromatic nitrogens is 4. The Balaban J connectivity index is 1.43. The number of rotatable bonds is 7. The summed E-state index contributed by atoms with van der Waals surface area (Å²) >= 11 is 5.94. The summed E-state index contributed by atoms with van der Waals surface area (Å²) in [6, 6.07) is 17.4. The monoisotopic (exact) mass is 467 g/mol. The first-order valence-electron chi connectivity index (χ1n) is 10.9. The van der Waals surface area contributed by atoms with Gasteiger partial charge in [0.2, 0.25) is 5.91 Å². The number of halogens is 1. The summed E-state index contributed by atoms with van der Waals surface area (Å²) in [4.78, 5) is 27.3. The van der Waals surface area contributed by atoms with Gasteiger partial charge >= 0.3 is 6.03 Å². The van der Waals surface area contributed by atoms with Crippen molar-refractivity contribution in [3.05, 3.63) is 70.7 Å². The van der Waals surface area contributed by atoms with Gasteiger partial charge in [0.25, 0.3) is 5.95 Å². The second kappa shape index (κ2) is 10.4. The zero-order valence-corrected chi connectivity index (χ0v) is 18.9. The van der Waals surface area contributed by atoms with Crippen LogP contribution in [0.25, 0.3) is 0 Å². The molecule has 0 bridgehead atoms. The maximum Gasteiger partial charge on any atom is 0.317 e. The molecule has 1 saturated heterocycles. The van der Waals surface area contributed by atoms with Gasteiger partial charge in [-0.2, -0.15) is 5.21 Å². The highest BCUT2D eigenvalue weighted by Gasteiger charge is 2.38. The molecule has 3 amide bonds. The second-order valence-corrected chi connectivity index (χ2v) is 8.68. The molecule has 0 radical (unpaired) electrons. The van der Waals surface area contributed by atoms with Gasteiger partial charge in [0.15, 0.2) is 0 Å². The SMILES string of the molecule is O=C(CCC1(c2ccccc2)CCCN(C(=O)NCc2ccc(Cl)cc2)C1)Nc1nn[nH]n1. The van der Waals surface area contributed by atoms with Crippen molar-refractivity contribution in [1.82, 2.24) is 30.8 Å². The Hall–Kier alpha value is -3.46. The quantitative estimate of drug-likeness (QED) is 0.491. The summed E-state index contributed by atoms with van der Waals surface area (Å²) in [5, 5.41) is 19.6. The molecule has 0 spiro atoms. The Morgan fingerprint density at radius 2 is 1.91 bits per heavy atom. The zero-order chi connectivity index (χ0) is 23.1. The summed E-state index contributed by atoms with van der Waals surface area (Å²) in [7, 11) is 0. The standard InChI is InChI=1S/C23H26ClN7O2/c24-19-9-7-17(8-10-19)15-25-22(33)31-14-4-12-23(16-31,18-5-2-1-3-6-18)13-11-20(32)26-21-27-29-30-28-21/h1-3,5-10H,4,11-16H2,(H,25,33)(H2,26,27,28,29,30,32). The zero-order valence-electron chi connectivity index (χ0n) is 18.1. The van der Waals surface area contributed by atoms with Gasteiger partial charge in [-0.25, -0.2) is 4.79 Å². The van der Waals surface area contributed by atoms with Crippen LogP contribution >= 0.6 is 11.6 Å². The third-order valence-corrected chi connectivity index (χ3v) is 6.29. The van der Waals surface area contributed by atoms with Gasteiger partial charge in [0, 0.05) is 36.5 Å². The highest BCUT2D eigenvalue weighted by Crippen LogP contribution is 2.38. The maximum atomic E-state index is 13.0. The van der Waals surface area contributed by atoms with Crippen LogP contribution in [0.1, 0.15) is 36.8 Å². The van der Waals surface area contributed by atoms with Crippen molar-refractivity contribution in [3.8, 4) is 0 Å². The number of nitrogens with zero attached hydrogens (tertiary/aromatic N) is 4. The van der Waals surface area contributed by atoms with E-state index in [0.29, 0.717) is 31.1 Å². The molecule has 0 aliphatic carbocycles. The van der Waals surface area contributed by atoms with Crippen LogP contribution in [0.4, 0.5) is 10.7 Å². The number of carbonyl (C=O) groups is 2. The molecule has 3 aromatic rings. The minimum absolute atomic E-state index is 0.110. The Kier molecular flexibility index (Phi) is 7.19. The highest BCUT2D eigenvalue weighted by molar-refractivity contribution is 6.30. The molecule has 4 rings (SSSR count). The molecule has 1 aliphatic heterocycles. The van der Waals surface area contributed by atoms with Gasteiger partial charge in [-0.15, -0.1) is 5.10 Å². The molecule has 3 N–H and O–H groups in total. The van der Waals surface area contributed by atoms with E-state index in [1.807, 2.05) is 47.4 Å². The average molecular weight is 468 g/mol. The average Bonchev–Trinajstić information content (AvgIpc) is 3.36. The van der Waals surface area contributed by atoms with Crippen molar-refractivity contribution in [3.63, 3.8) is 0 Å². The Labute approximate surface area is 196 Å². The number of hydrogen-bond acceptors (Lipinski definition) is 5. The number of tetrazole rings is 1. The normalized spacial score (nSPS) is 18.0. The Morgan fingerprint density at radius 3 is 2.64 bits per heavy atom.